The molecule has 0 saturated carbocycles. The van der Waals surface area contributed by atoms with E-state index in [0.29, 0.717) is 32.7 Å². The van der Waals surface area contributed by atoms with E-state index < -0.39 is 0 Å². The largest absolute Gasteiger partial charge is 0.377 e. The molecular weight excluding hydrogens is 406 g/mol. The molecule has 1 unspecified atom stereocenters. The van der Waals surface area contributed by atoms with E-state index in [2.05, 4.69) is 22.4 Å². The summed E-state index contributed by atoms with van der Waals surface area (Å²) in [6, 6.07) is 7.93. The van der Waals surface area contributed by atoms with Crippen LogP contribution in [0.3, 0.4) is 0 Å². The molecular formula is C21H27N3O3S2. The molecule has 0 radical (unpaired) electrons. The third-order valence-electron chi connectivity index (χ3n) is 5.46. The van der Waals surface area contributed by atoms with Gasteiger partial charge in [-0.25, -0.2) is 0 Å². The quantitative estimate of drug-likeness (QED) is 0.674. The molecule has 2 fully saturated rings. The first-order valence-electron chi connectivity index (χ1n) is 10.2. The van der Waals surface area contributed by atoms with E-state index in [1.807, 2.05) is 27.3 Å². The summed E-state index contributed by atoms with van der Waals surface area (Å²) in [5.41, 5.74) is 0. The number of hydrogen-bond donors (Lipinski definition) is 0. The van der Waals surface area contributed by atoms with Gasteiger partial charge in [-0.15, -0.1) is 22.7 Å². The van der Waals surface area contributed by atoms with Crippen molar-refractivity contribution in [3.05, 3.63) is 44.8 Å². The number of nitrogens with zero attached hydrogens (tertiary/aromatic N) is 3. The minimum Gasteiger partial charge on any atom is -0.377 e. The second-order valence-corrected chi connectivity index (χ2v) is 9.51. The van der Waals surface area contributed by atoms with Crippen LogP contribution in [-0.4, -0.2) is 78.5 Å². The molecule has 6 nitrogen and oxygen atoms in total. The lowest BCUT2D eigenvalue weighted by Gasteiger charge is -2.36. The number of carbonyl (C=O) groups excluding carboxylic acids is 2. The molecule has 2 saturated heterocycles. The van der Waals surface area contributed by atoms with E-state index in [1.54, 1.807) is 11.3 Å². The Balaban J connectivity index is 1.30. The highest BCUT2D eigenvalue weighted by Crippen LogP contribution is 2.18. The van der Waals surface area contributed by atoms with Crippen molar-refractivity contribution in [1.29, 1.82) is 0 Å². The molecule has 29 heavy (non-hydrogen) atoms. The number of carbonyl (C=O) groups is 2. The van der Waals surface area contributed by atoms with Crippen molar-refractivity contribution in [1.82, 2.24) is 14.7 Å². The van der Waals surface area contributed by atoms with E-state index in [1.165, 1.54) is 16.2 Å². The Labute approximate surface area is 179 Å². The highest BCUT2D eigenvalue weighted by Gasteiger charge is 2.27. The SMILES string of the molecule is O=C(CN(Cc1cccs1)CC1CCCO1)N1CCN(C(=O)c2cccs2)CC1. The van der Waals surface area contributed by atoms with Gasteiger partial charge >= 0.3 is 0 Å². The van der Waals surface area contributed by atoms with Crippen LogP contribution in [0.15, 0.2) is 35.0 Å². The lowest BCUT2D eigenvalue weighted by atomic mass is 10.2. The van der Waals surface area contributed by atoms with Crippen LogP contribution in [0.2, 0.25) is 0 Å². The molecule has 4 heterocycles. The Morgan fingerprint density at radius 3 is 2.48 bits per heavy atom. The van der Waals surface area contributed by atoms with Crippen molar-refractivity contribution < 1.29 is 14.3 Å². The van der Waals surface area contributed by atoms with E-state index in [-0.39, 0.29) is 17.9 Å². The van der Waals surface area contributed by atoms with Crippen molar-refractivity contribution in [3.8, 4) is 0 Å². The molecule has 2 aromatic heterocycles. The zero-order valence-corrected chi connectivity index (χ0v) is 18.1. The second kappa shape index (κ2) is 9.84. The predicted molar refractivity (Wildman–Crippen MR) is 115 cm³/mol. The fraction of sp³-hybridized carbons (Fsp3) is 0.524. The van der Waals surface area contributed by atoms with Gasteiger partial charge in [0.25, 0.3) is 5.91 Å². The van der Waals surface area contributed by atoms with E-state index >= 15 is 0 Å². The van der Waals surface area contributed by atoms with Crippen molar-refractivity contribution in [3.63, 3.8) is 0 Å². The normalized spacial score (nSPS) is 19.8. The molecule has 156 valence electrons. The highest BCUT2D eigenvalue weighted by atomic mass is 32.1. The van der Waals surface area contributed by atoms with E-state index in [4.69, 9.17) is 4.74 Å². The van der Waals surface area contributed by atoms with Crippen LogP contribution in [0.25, 0.3) is 0 Å². The van der Waals surface area contributed by atoms with Crippen molar-refractivity contribution in [2.45, 2.75) is 25.5 Å². The summed E-state index contributed by atoms with van der Waals surface area (Å²) in [6.45, 7) is 5.19. The summed E-state index contributed by atoms with van der Waals surface area (Å²) >= 11 is 3.19. The van der Waals surface area contributed by atoms with E-state index in [0.717, 1.165) is 37.4 Å². The fourth-order valence-electron chi connectivity index (χ4n) is 3.89. The van der Waals surface area contributed by atoms with Crippen LogP contribution in [0, 0.1) is 0 Å². The lowest BCUT2D eigenvalue weighted by Crippen LogP contribution is -2.52. The molecule has 8 heteroatoms. The average molecular weight is 434 g/mol. The fourth-order valence-corrected chi connectivity index (χ4v) is 5.33. The van der Waals surface area contributed by atoms with Gasteiger partial charge in [-0.2, -0.15) is 0 Å². The molecule has 2 aromatic rings. The number of thiophene rings is 2. The van der Waals surface area contributed by atoms with Gasteiger partial charge in [-0.1, -0.05) is 12.1 Å². The van der Waals surface area contributed by atoms with Crippen LogP contribution in [0.4, 0.5) is 0 Å². The third kappa shape index (κ3) is 5.45. The average Bonchev–Trinajstić information content (AvgIpc) is 3.51. The number of hydrogen-bond acceptors (Lipinski definition) is 6. The van der Waals surface area contributed by atoms with Gasteiger partial charge in [-0.05, 0) is 35.7 Å². The Bertz CT molecular complexity index is 780. The predicted octanol–water partition coefficient (Wildman–Crippen LogP) is 2.78. The lowest BCUT2D eigenvalue weighted by molar-refractivity contribution is -0.134. The van der Waals surface area contributed by atoms with Gasteiger partial charge in [0.05, 0.1) is 17.5 Å². The van der Waals surface area contributed by atoms with Crippen LogP contribution in [-0.2, 0) is 16.1 Å². The van der Waals surface area contributed by atoms with Gasteiger partial charge in [-0.3, -0.25) is 14.5 Å². The molecule has 1 atom stereocenters. The number of ether oxygens (including phenoxy) is 1. The Hall–Kier alpha value is -1.74. The Morgan fingerprint density at radius 2 is 1.83 bits per heavy atom. The highest BCUT2D eigenvalue weighted by molar-refractivity contribution is 7.12. The number of piperazine rings is 1. The summed E-state index contributed by atoms with van der Waals surface area (Å²) in [5, 5.41) is 3.99. The molecule has 2 aliphatic rings. The Kier molecular flexibility index (Phi) is 6.97. The minimum absolute atomic E-state index is 0.0739. The van der Waals surface area contributed by atoms with Gasteiger partial charge in [0.1, 0.15) is 0 Å². The molecule has 0 spiro atoms. The number of amides is 2. The van der Waals surface area contributed by atoms with Gasteiger partial charge < -0.3 is 14.5 Å². The number of rotatable bonds is 7. The van der Waals surface area contributed by atoms with Crippen LogP contribution >= 0.6 is 22.7 Å². The maximum Gasteiger partial charge on any atom is 0.264 e. The summed E-state index contributed by atoms with van der Waals surface area (Å²) in [6.07, 6.45) is 2.40. The molecule has 0 aliphatic carbocycles. The van der Waals surface area contributed by atoms with Crippen molar-refractivity contribution in [2.24, 2.45) is 0 Å². The molecule has 0 N–H and O–H groups in total. The van der Waals surface area contributed by atoms with Crippen molar-refractivity contribution >= 4 is 34.5 Å². The summed E-state index contributed by atoms with van der Waals surface area (Å²) in [4.78, 5) is 33.5. The molecule has 0 aromatic carbocycles. The topological polar surface area (TPSA) is 53.1 Å². The zero-order valence-electron chi connectivity index (χ0n) is 16.5. The first-order valence-corrected chi connectivity index (χ1v) is 11.9. The van der Waals surface area contributed by atoms with Crippen LogP contribution < -0.4 is 0 Å². The maximum atomic E-state index is 13.0. The van der Waals surface area contributed by atoms with Crippen LogP contribution in [0.1, 0.15) is 27.4 Å². The van der Waals surface area contributed by atoms with Gasteiger partial charge in [0.2, 0.25) is 5.91 Å². The molecule has 2 aliphatic heterocycles. The van der Waals surface area contributed by atoms with E-state index in [9.17, 15) is 9.59 Å². The zero-order chi connectivity index (χ0) is 20.1. The molecule has 4 rings (SSSR count). The Morgan fingerprint density at radius 1 is 1.07 bits per heavy atom. The second-order valence-electron chi connectivity index (χ2n) is 7.53. The monoisotopic (exact) mass is 433 g/mol. The van der Waals surface area contributed by atoms with Gasteiger partial charge in [0.15, 0.2) is 0 Å². The minimum atomic E-state index is 0.0739. The standard InChI is InChI=1S/C21H27N3O3S2/c25-20(23-7-9-24(10-8-23)21(26)19-6-3-13-29-19)16-22(14-17-4-1-11-27-17)15-18-5-2-12-28-18/h2-3,5-6,12-13,17H,1,4,7-11,14-16H2. The molecule has 2 amide bonds. The third-order valence-corrected chi connectivity index (χ3v) is 7.17. The van der Waals surface area contributed by atoms with Crippen LogP contribution in [0.5, 0.6) is 0 Å². The van der Waals surface area contributed by atoms with Gasteiger partial charge in [0, 0.05) is 50.8 Å². The summed E-state index contributed by atoms with van der Waals surface area (Å²) in [7, 11) is 0. The van der Waals surface area contributed by atoms with Crippen molar-refractivity contribution in [2.75, 3.05) is 45.9 Å². The molecule has 0 bridgehead atoms. The summed E-state index contributed by atoms with van der Waals surface area (Å²) < 4.78 is 5.80. The first kappa shape index (κ1) is 20.5. The summed E-state index contributed by atoms with van der Waals surface area (Å²) in [5.74, 6) is 0.215. The first-order chi connectivity index (χ1) is 14.2. The maximum absolute atomic E-state index is 13.0. The smallest absolute Gasteiger partial charge is 0.264 e.